The Labute approximate surface area is 226 Å². The summed E-state index contributed by atoms with van der Waals surface area (Å²) in [5.41, 5.74) is 6.55. The molecule has 7 nitrogen and oxygen atoms in total. The van der Waals surface area contributed by atoms with Crippen molar-refractivity contribution in [3.05, 3.63) is 87.9 Å². The molecule has 3 aromatic carbocycles. The summed E-state index contributed by atoms with van der Waals surface area (Å²) in [6, 6.07) is 21.5. The number of rotatable bonds is 10. The zero-order chi connectivity index (χ0) is 25.3. The van der Waals surface area contributed by atoms with Gasteiger partial charge in [0.15, 0.2) is 15.8 Å². The van der Waals surface area contributed by atoms with Crippen LogP contribution < -0.4 is 14.9 Å². The minimum absolute atomic E-state index is 0.180. The van der Waals surface area contributed by atoms with E-state index in [-0.39, 0.29) is 11.7 Å². The Kier molecular flexibility index (Phi) is 9.10. The van der Waals surface area contributed by atoms with Crippen LogP contribution in [0.3, 0.4) is 0 Å². The minimum Gasteiger partial charge on any atom is -0.493 e. The predicted octanol–water partition coefficient (Wildman–Crippen LogP) is 6.11. The van der Waals surface area contributed by atoms with Crippen LogP contribution in [0, 0.1) is 6.92 Å². The van der Waals surface area contributed by atoms with E-state index in [9.17, 15) is 4.79 Å². The second-order valence-corrected chi connectivity index (χ2v) is 10.6. The molecule has 10 heteroatoms. The lowest BCUT2D eigenvalue weighted by molar-refractivity contribution is -0.118. The fraction of sp³-hybridized carbons (Fsp3) is 0.154. The van der Waals surface area contributed by atoms with E-state index in [2.05, 4.69) is 36.7 Å². The van der Waals surface area contributed by atoms with Crippen LogP contribution in [0.5, 0.6) is 11.5 Å². The molecule has 0 saturated carbocycles. The number of hydrogen-bond acceptors (Lipinski definition) is 8. The fourth-order valence-electron chi connectivity index (χ4n) is 3.18. The second kappa shape index (κ2) is 12.7. The molecular weight excluding hydrogens is 560 g/mol. The minimum atomic E-state index is -0.239. The third-order valence-corrected chi connectivity index (χ3v) is 7.74. The second-order valence-electron chi connectivity index (χ2n) is 7.57. The van der Waals surface area contributed by atoms with Crippen molar-refractivity contribution in [3.63, 3.8) is 0 Å². The van der Waals surface area contributed by atoms with Gasteiger partial charge < -0.3 is 9.47 Å². The molecule has 0 saturated heterocycles. The van der Waals surface area contributed by atoms with E-state index in [0.717, 1.165) is 36.1 Å². The zero-order valence-corrected chi connectivity index (χ0v) is 22.8. The first-order valence-electron chi connectivity index (χ1n) is 10.9. The monoisotopic (exact) mass is 582 g/mol. The first-order chi connectivity index (χ1) is 17.5. The molecule has 0 spiro atoms. The summed E-state index contributed by atoms with van der Waals surface area (Å²) >= 11 is 6.32. The maximum absolute atomic E-state index is 12.2. The van der Waals surface area contributed by atoms with Crippen molar-refractivity contribution >= 4 is 51.2 Å². The molecule has 0 aliphatic rings. The fourth-order valence-corrected chi connectivity index (χ4v) is 5.40. The number of ether oxygens (including phenoxy) is 2. The van der Waals surface area contributed by atoms with Crippen LogP contribution in [0.4, 0.5) is 0 Å². The molecule has 1 aromatic heterocycles. The average molecular weight is 584 g/mol. The molecule has 0 atom stereocenters. The Bertz CT molecular complexity index is 1360. The van der Waals surface area contributed by atoms with Crippen LogP contribution >= 0.6 is 39.0 Å². The Balaban J connectivity index is 1.31. The Morgan fingerprint density at radius 3 is 2.69 bits per heavy atom. The molecular formula is C26H23BrN4O3S2. The van der Waals surface area contributed by atoms with Gasteiger partial charge in [0, 0.05) is 5.56 Å². The summed E-state index contributed by atoms with van der Waals surface area (Å²) in [5.74, 6) is 1.10. The summed E-state index contributed by atoms with van der Waals surface area (Å²) in [7, 11) is 1.58. The van der Waals surface area contributed by atoms with Crippen molar-refractivity contribution in [2.45, 2.75) is 17.9 Å². The van der Waals surface area contributed by atoms with Crippen LogP contribution in [-0.4, -0.2) is 35.2 Å². The number of aryl methyl sites for hydroxylation is 1. The van der Waals surface area contributed by atoms with E-state index in [1.807, 2.05) is 67.6 Å². The molecule has 4 rings (SSSR count). The highest BCUT2D eigenvalue weighted by Crippen LogP contribution is 2.37. The van der Waals surface area contributed by atoms with Gasteiger partial charge >= 0.3 is 0 Å². The van der Waals surface area contributed by atoms with Gasteiger partial charge in [0.05, 0.1) is 23.5 Å². The molecule has 0 aliphatic heterocycles. The van der Waals surface area contributed by atoms with Gasteiger partial charge in [-0.2, -0.15) is 5.10 Å². The Morgan fingerprint density at radius 1 is 1.14 bits per heavy atom. The van der Waals surface area contributed by atoms with Gasteiger partial charge in [-0.05, 0) is 51.7 Å². The number of nitrogens with one attached hydrogen (secondary N) is 1. The highest BCUT2D eigenvalue weighted by molar-refractivity contribution is 9.10. The van der Waals surface area contributed by atoms with Crippen molar-refractivity contribution in [3.8, 4) is 22.1 Å². The SMILES string of the molecule is COc1cc(C=NNC(=O)CSc2nnc(-c3ccccc3)s2)cc(Br)c1OCc1ccccc1C. The number of halogens is 1. The topological polar surface area (TPSA) is 85.7 Å². The van der Waals surface area contributed by atoms with Gasteiger partial charge in [-0.3, -0.25) is 4.79 Å². The molecule has 0 unspecified atom stereocenters. The van der Waals surface area contributed by atoms with Gasteiger partial charge in [-0.1, -0.05) is 77.7 Å². The van der Waals surface area contributed by atoms with Gasteiger partial charge in [-0.15, -0.1) is 10.2 Å². The van der Waals surface area contributed by atoms with E-state index in [0.29, 0.717) is 18.1 Å². The lowest BCUT2D eigenvalue weighted by atomic mass is 10.1. The molecule has 1 heterocycles. The van der Waals surface area contributed by atoms with Gasteiger partial charge in [0.2, 0.25) is 0 Å². The molecule has 0 bridgehead atoms. The first-order valence-corrected chi connectivity index (χ1v) is 13.5. The van der Waals surface area contributed by atoms with E-state index in [1.165, 1.54) is 23.1 Å². The first kappa shape index (κ1) is 25.9. The number of aromatic nitrogens is 2. The molecule has 1 N–H and O–H groups in total. The summed E-state index contributed by atoms with van der Waals surface area (Å²) in [5, 5.41) is 13.2. The maximum atomic E-state index is 12.2. The van der Waals surface area contributed by atoms with Gasteiger partial charge in [0.25, 0.3) is 5.91 Å². The Morgan fingerprint density at radius 2 is 1.92 bits per heavy atom. The molecule has 1 amide bonds. The predicted molar refractivity (Wildman–Crippen MR) is 148 cm³/mol. The lowest BCUT2D eigenvalue weighted by Gasteiger charge is -2.14. The molecule has 4 aromatic rings. The van der Waals surface area contributed by atoms with E-state index in [4.69, 9.17) is 9.47 Å². The zero-order valence-electron chi connectivity index (χ0n) is 19.6. The molecule has 36 heavy (non-hydrogen) atoms. The summed E-state index contributed by atoms with van der Waals surface area (Å²) in [4.78, 5) is 12.2. The number of methoxy groups -OCH3 is 1. The van der Waals surface area contributed by atoms with Crippen LogP contribution in [0.25, 0.3) is 10.6 Å². The largest absolute Gasteiger partial charge is 0.493 e. The number of amides is 1. The lowest BCUT2D eigenvalue weighted by Crippen LogP contribution is -2.19. The molecule has 0 fully saturated rings. The number of hydrogen-bond donors (Lipinski definition) is 1. The van der Waals surface area contributed by atoms with E-state index in [1.54, 1.807) is 19.4 Å². The van der Waals surface area contributed by atoms with Gasteiger partial charge in [0.1, 0.15) is 11.6 Å². The number of carbonyl (C=O) groups excluding carboxylic acids is 1. The van der Waals surface area contributed by atoms with Crippen LogP contribution in [0.2, 0.25) is 0 Å². The highest BCUT2D eigenvalue weighted by atomic mass is 79.9. The van der Waals surface area contributed by atoms with Crippen molar-refractivity contribution in [2.75, 3.05) is 12.9 Å². The number of thioether (sulfide) groups is 1. The summed E-state index contributed by atoms with van der Waals surface area (Å²) in [6.45, 7) is 2.47. The highest BCUT2D eigenvalue weighted by Gasteiger charge is 2.13. The molecule has 0 aliphatic carbocycles. The maximum Gasteiger partial charge on any atom is 0.250 e. The van der Waals surface area contributed by atoms with Crippen LogP contribution in [0.15, 0.2) is 80.6 Å². The number of carbonyl (C=O) groups is 1. The standard InChI is InChI=1S/C26H23BrN4O3S2/c1-17-8-6-7-11-20(17)15-34-24-21(27)12-18(13-22(24)33-2)14-28-29-23(32)16-35-26-31-30-25(36-26)19-9-4-3-5-10-19/h3-14H,15-16H2,1-2H3,(H,29,32). The third kappa shape index (κ3) is 6.93. The van der Waals surface area contributed by atoms with Crippen molar-refractivity contribution < 1.29 is 14.3 Å². The number of nitrogens with zero attached hydrogens (tertiary/aromatic N) is 3. The van der Waals surface area contributed by atoms with Crippen molar-refractivity contribution in [1.29, 1.82) is 0 Å². The smallest absolute Gasteiger partial charge is 0.250 e. The average Bonchev–Trinajstić information content (AvgIpc) is 3.37. The number of hydrazone groups is 1. The van der Waals surface area contributed by atoms with Crippen LogP contribution in [0.1, 0.15) is 16.7 Å². The van der Waals surface area contributed by atoms with Crippen molar-refractivity contribution in [1.82, 2.24) is 15.6 Å². The van der Waals surface area contributed by atoms with Crippen molar-refractivity contribution in [2.24, 2.45) is 5.10 Å². The molecule has 0 radical (unpaired) electrons. The number of benzene rings is 3. The van der Waals surface area contributed by atoms with Crippen LogP contribution in [-0.2, 0) is 11.4 Å². The Hall–Kier alpha value is -3.21. The quantitative estimate of drug-likeness (QED) is 0.138. The summed E-state index contributed by atoms with van der Waals surface area (Å²) in [6.07, 6.45) is 1.55. The van der Waals surface area contributed by atoms with Gasteiger partial charge in [-0.25, -0.2) is 5.43 Å². The molecule has 184 valence electrons. The normalized spacial score (nSPS) is 11.0. The third-order valence-electron chi connectivity index (χ3n) is 5.04. The summed E-state index contributed by atoms with van der Waals surface area (Å²) < 4.78 is 13.0. The van der Waals surface area contributed by atoms with E-state index < -0.39 is 0 Å². The van der Waals surface area contributed by atoms with E-state index >= 15 is 0 Å².